The quantitative estimate of drug-likeness (QED) is 0.373. The monoisotopic (exact) mass is 357 g/mol. The molecule has 142 valence electrons. The molecular weight excluding hydrogens is 326 g/mol. The van der Waals surface area contributed by atoms with Gasteiger partial charge in [0.25, 0.3) is 0 Å². The predicted molar refractivity (Wildman–Crippen MR) is 108 cm³/mol. The van der Waals surface area contributed by atoms with Crippen molar-refractivity contribution in [1.29, 1.82) is 0 Å². The number of aromatic nitrogens is 1. The minimum atomic E-state index is -0.766. The molecule has 4 heteroatoms. The van der Waals surface area contributed by atoms with E-state index in [4.69, 9.17) is 5.11 Å². The highest BCUT2D eigenvalue weighted by Gasteiger charge is 1.97. The van der Waals surface area contributed by atoms with E-state index in [1.165, 1.54) is 19.3 Å². The number of nitrogens with zero attached hydrogens (tertiary/aromatic N) is 1. The van der Waals surface area contributed by atoms with Crippen LogP contribution in [-0.2, 0) is 4.79 Å². The highest BCUT2D eigenvalue weighted by atomic mass is 16.4. The Morgan fingerprint density at radius 1 is 1.08 bits per heavy atom. The third kappa shape index (κ3) is 11.4. The summed E-state index contributed by atoms with van der Waals surface area (Å²) in [5.41, 5.74) is 1.62. The molecule has 0 spiro atoms. The van der Waals surface area contributed by atoms with Crippen molar-refractivity contribution >= 4 is 18.1 Å². The Balaban J connectivity index is 2.40. The molecule has 0 saturated heterocycles. The van der Waals surface area contributed by atoms with E-state index in [9.17, 15) is 9.90 Å². The molecule has 0 aliphatic carbocycles. The van der Waals surface area contributed by atoms with Crippen molar-refractivity contribution in [3.05, 3.63) is 53.9 Å². The third-order valence-corrected chi connectivity index (χ3v) is 3.85. The fourth-order valence-corrected chi connectivity index (χ4v) is 2.38. The van der Waals surface area contributed by atoms with Crippen LogP contribution in [0.3, 0.4) is 0 Å². The zero-order valence-corrected chi connectivity index (χ0v) is 15.7. The summed E-state index contributed by atoms with van der Waals surface area (Å²) in [5, 5.41) is 18.6. The summed E-state index contributed by atoms with van der Waals surface area (Å²) >= 11 is 0. The molecule has 2 N–H and O–H groups in total. The summed E-state index contributed by atoms with van der Waals surface area (Å²) < 4.78 is 0. The first-order chi connectivity index (χ1) is 12.6. The van der Waals surface area contributed by atoms with Gasteiger partial charge in [0.15, 0.2) is 0 Å². The number of aliphatic carboxylic acids is 1. The van der Waals surface area contributed by atoms with Gasteiger partial charge in [-0.1, -0.05) is 50.1 Å². The number of allylic oxidation sites excluding steroid dienone is 2. The van der Waals surface area contributed by atoms with E-state index in [1.807, 2.05) is 42.5 Å². The minimum absolute atomic E-state index is 0.186. The van der Waals surface area contributed by atoms with Gasteiger partial charge < -0.3 is 10.2 Å². The predicted octanol–water partition coefficient (Wildman–Crippen LogP) is 5.25. The van der Waals surface area contributed by atoms with Crippen molar-refractivity contribution in [3.63, 3.8) is 0 Å². The van der Waals surface area contributed by atoms with Crippen molar-refractivity contribution < 1.29 is 15.0 Å². The Hall–Kier alpha value is -2.20. The normalized spacial score (nSPS) is 13.2. The topological polar surface area (TPSA) is 70.4 Å². The first-order valence-corrected chi connectivity index (χ1v) is 9.48. The molecule has 0 fully saturated rings. The van der Waals surface area contributed by atoms with Crippen LogP contribution in [0.4, 0.5) is 0 Å². The fraction of sp³-hybridized carbons (Fsp3) is 0.455. The van der Waals surface area contributed by atoms with Crippen molar-refractivity contribution in [2.24, 2.45) is 0 Å². The number of unbranched alkanes of at least 4 members (excludes halogenated alkanes) is 4. The number of carboxylic acids is 1. The molecule has 4 nitrogen and oxygen atoms in total. The Morgan fingerprint density at radius 2 is 1.81 bits per heavy atom. The average molecular weight is 357 g/mol. The fourth-order valence-electron chi connectivity index (χ4n) is 2.38. The van der Waals surface area contributed by atoms with Gasteiger partial charge in [-0.15, -0.1) is 0 Å². The largest absolute Gasteiger partial charge is 0.481 e. The number of pyridine rings is 1. The molecule has 1 unspecified atom stereocenters. The van der Waals surface area contributed by atoms with E-state index in [0.717, 1.165) is 24.2 Å². The second-order valence-corrected chi connectivity index (χ2v) is 6.31. The van der Waals surface area contributed by atoms with E-state index in [-0.39, 0.29) is 6.42 Å². The molecule has 0 amide bonds. The van der Waals surface area contributed by atoms with Crippen LogP contribution >= 0.6 is 0 Å². The SMILES string of the molecule is CCCCC/C=C\CC(O)/C=C\c1cccc(/C=C/CCCC(=O)O)n1. The second-order valence-electron chi connectivity index (χ2n) is 6.31. The van der Waals surface area contributed by atoms with E-state index in [2.05, 4.69) is 18.0 Å². The summed E-state index contributed by atoms with van der Waals surface area (Å²) in [7, 11) is 0. The Bertz CT molecular complexity index is 605. The molecule has 0 saturated carbocycles. The van der Waals surface area contributed by atoms with Crippen molar-refractivity contribution in [1.82, 2.24) is 4.98 Å². The van der Waals surface area contributed by atoms with Gasteiger partial charge in [0.05, 0.1) is 17.5 Å². The number of carboxylic acid groups (broad SMARTS) is 1. The number of carbonyl (C=O) groups is 1. The highest BCUT2D eigenvalue weighted by Crippen LogP contribution is 2.07. The van der Waals surface area contributed by atoms with Crippen LogP contribution < -0.4 is 0 Å². The van der Waals surface area contributed by atoms with Crippen LogP contribution in [-0.4, -0.2) is 27.3 Å². The summed E-state index contributed by atoms with van der Waals surface area (Å²) in [4.78, 5) is 14.9. The van der Waals surface area contributed by atoms with Crippen LogP contribution in [0.5, 0.6) is 0 Å². The van der Waals surface area contributed by atoms with Gasteiger partial charge >= 0.3 is 5.97 Å². The highest BCUT2D eigenvalue weighted by molar-refractivity contribution is 5.66. The Labute approximate surface area is 157 Å². The zero-order chi connectivity index (χ0) is 19.0. The minimum Gasteiger partial charge on any atom is -0.481 e. The standard InChI is InChI=1S/C22H31NO3/c1-2-3-4-5-6-9-15-21(24)18-17-20-14-11-13-19(23-20)12-8-7-10-16-22(25)26/h6,8-9,11-14,17-18,21,24H,2-5,7,10,15-16H2,1H3,(H,25,26)/b9-6-,12-8+,18-17-. The first-order valence-electron chi connectivity index (χ1n) is 9.48. The maximum absolute atomic E-state index is 10.5. The molecule has 1 atom stereocenters. The molecular formula is C22H31NO3. The summed E-state index contributed by atoms with van der Waals surface area (Å²) in [6.45, 7) is 2.19. The number of rotatable bonds is 13. The van der Waals surface area contributed by atoms with Crippen LogP contribution in [0.15, 0.2) is 42.5 Å². The van der Waals surface area contributed by atoms with Crippen molar-refractivity contribution in [2.45, 2.75) is 64.4 Å². The van der Waals surface area contributed by atoms with Gasteiger partial charge in [0, 0.05) is 6.42 Å². The molecule has 1 rings (SSSR count). The van der Waals surface area contributed by atoms with E-state index < -0.39 is 12.1 Å². The van der Waals surface area contributed by atoms with Gasteiger partial charge in [-0.3, -0.25) is 4.79 Å². The lowest BCUT2D eigenvalue weighted by Gasteiger charge is -2.01. The van der Waals surface area contributed by atoms with E-state index >= 15 is 0 Å². The lowest BCUT2D eigenvalue weighted by Crippen LogP contribution is -1.99. The van der Waals surface area contributed by atoms with Gasteiger partial charge in [0.1, 0.15) is 0 Å². The zero-order valence-electron chi connectivity index (χ0n) is 15.7. The second kappa shape index (κ2) is 14.0. The average Bonchev–Trinajstić information content (AvgIpc) is 2.63. The molecule has 26 heavy (non-hydrogen) atoms. The molecule has 0 radical (unpaired) electrons. The Morgan fingerprint density at radius 3 is 2.54 bits per heavy atom. The van der Waals surface area contributed by atoms with Crippen LogP contribution in [0.2, 0.25) is 0 Å². The number of aliphatic hydroxyl groups is 1. The van der Waals surface area contributed by atoms with Crippen LogP contribution in [0, 0.1) is 0 Å². The van der Waals surface area contributed by atoms with Crippen molar-refractivity contribution in [3.8, 4) is 0 Å². The van der Waals surface area contributed by atoms with Gasteiger partial charge in [-0.25, -0.2) is 4.98 Å². The van der Waals surface area contributed by atoms with Crippen LogP contribution in [0.25, 0.3) is 12.2 Å². The number of hydrogen-bond acceptors (Lipinski definition) is 3. The van der Waals surface area contributed by atoms with E-state index in [0.29, 0.717) is 12.8 Å². The smallest absolute Gasteiger partial charge is 0.303 e. The van der Waals surface area contributed by atoms with E-state index in [1.54, 1.807) is 6.08 Å². The Kier molecular flexibility index (Phi) is 11.8. The lowest BCUT2D eigenvalue weighted by molar-refractivity contribution is -0.137. The molecule has 0 aliphatic heterocycles. The first kappa shape index (κ1) is 21.8. The lowest BCUT2D eigenvalue weighted by atomic mass is 10.1. The maximum atomic E-state index is 10.5. The van der Waals surface area contributed by atoms with Crippen molar-refractivity contribution in [2.75, 3.05) is 0 Å². The van der Waals surface area contributed by atoms with Gasteiger partial charge in [-0.05, 0) is 56.4 Å². The molecule has 0 aliphatic rings. The molecule has 0 bridgehead atoms. The van der Waals surface area contributed by atoms with Crippen LogP contribution in [0.1, 0.15) is 69.7 Å². The summed E-state index contributed by atoms with van der Waals surface area (Å²) in [5.74, 6) is -0.766. The third-order valence-electron chi connectivity index (χ3n) is 3.85. The van der Waals surface area contributed by atoms with Gasteiger partial charge in [-0.2, -0.15) is 0 Å². The number of hydrogen-bond donors (Lipinski definition) is 2. The number of aliphatic hydroxyl groups excluding tert-OH is 1. The summed E-state index contributed by atoms with van der Waals surface area (Å²) in [6.07, 6.45) is 18.0. The van der Waals surface area contributed by atoms with Gasteiger partial charge in [0.2, 0.25) is 0 Å². The molecule has 1 aromatic heterocycles. The summed E-state index contributed by atoms with van der Waals surface area (Å²) in [6, 6.07) is 5.72. The maximum Gasteiger partial charge on any atom is 0.303 e. The molecule has 1 aromatic rings. The molecule has 1 heterocycles. The molecule has 0 aromatic carbocycles.